The monoisotopic (exact) mass is 328 g/mol. The van der Waals surface area contributed by atoms with Crippen molar-refractivity contribution in [3.63, 3.8) is 0 Å². The maximum atomic E-state index is 12.8. The molecule has 0 spiro atoms. The van der Waals surface area contributed by atoms with Crippen LogP contribution in [0, 0.1) is 5.82 Å². The molecule has 0 fully saturated rings. The third kappa shape index (κ3) is 3.31. The third-order valence-electron chi connectivity index (χ3n) is 2.68. The van der Waals surface area contributed by atoms with Gasteiger partial charge >= 0.3 is 0 Å². The van der Waals surface area contributed by atoms with Crippen molar-refractivity contribution in [1.29, 1.82) is 0 Å². The standard InChI is InChI=1S/C14H11BrClFO/c15-11-4-1-10(13(16)8-11)7-14(18)9-2-5-12(17)6-3-9/h1-6,8,14,18H,7H2. The van der Waals surface area contributed by atoms with Gasteiger partial charge in [-0.15, -0.1) is 0 Å². The maximum absolute atomic E-state index is 12.8. The molecule has 0 bridgehead atoms. The molecule has 0 aromatic heterocycles. The largest absolute Gasteiger partial charge is 0.388 e. The van der Waals surface area contributed by atoms with Crippen molar-refractivity contribution in [2.75, 3.05) is 0 Å². The molecule has 0 aliphatic carbocycles. The van der Waals surface area contributed by atoms with Crippen LogP contribution in [0.5, 0.6) is 0 Å². The molecular weight excluding hydrogens is 319 g/mol. The lowest BCUT2D eigenvalue weighted by molar-refractivity contribution is 0.178. The highest BCUT2D eigenvalue weighted by Gasteiger charge is 2.11. The molecule has 0 radical (unpaired) electrons. The first-order chi connectivity index (χ1) is 8.56. The lowest BCUT2D eigenvalue weighted by atomic mass is 10.0. The van der Waals surface area contributed by atoms with E-state index in [0.717, 1.165) is 10.0 Å². The first-order valence-electron chi connectivity index (χ1n) is 5.44. The lowest BCUT2D eigenvalue weighted by Gasteiger charge is -2.12. The Morgan fingerprint density at radius 1 is 1.17 bits per heavy atom. The van der Waals surface area contributed by atoms with Crippen LogP contribution < -0.4 is 0 Å². The second-order valence-corrected chi connectivity index (χ2v) is 5.33. The summed E-state index contributed by atoms with van der Waals surface area (Å²) >= 11 is 9.41. The van der Waals surface area contributed by atoms with E-state index in [2.05, 4.69) is 15.9 Å². The number of halogens is 3. The Morgan fingerprint density at radius 3 is 2.44 bits per heavy atom. The summed E-state index contributed by atoms with van der Waals surface area (Å²) in [6.07, 6.45) is -0.290. The quantitative estimate of drug-likeness (QED) is 0.878. The number of benzene rings is 2. The molecule has 0 saturated carbocycles. The normalized spacial score (nSPS) is 12.4. The molecule has 1 nitrogen and oxygen atoms in total. The van der Waals surface area contributed by atoms with Crippen molar-refractivity contribution in [2.45, 2.75) is 12.5 Å². The van der Waals surface area contributed by atoms with E-state index in [-0.39, 0.29) is 5.82 Å². The van der Waals surface area contributed by atoms with Crippen LogP contribution in [0.15, 0.2) is 46.9 Å². The first kappa shape index (κ1) is 13.5. The van der Waals surface area contributed by atoms with Crippen LogP contribution in [0.4, 0.5) is 4.39 Å². The highest BCUT2D eigenvalue weighted by Crippen LogP contribution is 2.26. The number of hydrogen-bond acceptors (Lipinski definition) is 1. The van der Waals surface area contributed by atoms with Gasteiger partial charge in [-0.25, -0.2) is 4.39 Å². The van der Waals surface area contributed by atoms with Crippen LogP contribution in [0.1, 0.15) is 17.2 Å². The van der Waals surface area contributed by atoms with Crippen molar-refractivity contribution >= 4 is 27.5 Å². The third-order valence-corrected chi connectivity index (χ3v) is 3.53. The van der Waals surface area contributed by atoms with Gasteiger partial charge in [-0.1, -0.05) is 45.7 Å². The molecular formula is C14H11BrClFO. The summed E-state index contributed by atoms with van der Waals surface area (Å²) in [6, 6.07) is 11.3. The fourth-order valence-corrected chi connectivity index (χ4v) is 2.45. The molecule has 0 aliphatic rings. The molecule has 2 aromatic rings. The van der Waals surface area contributed by atoms with E-state index in [0.29, 0.717) is 17.0 Å². The van der Waals surface area contributed by atoms with Crippen LogP contribution in [-0.2, 0) is 6.42 Å². The Balaban J connectivity index is 2.15. The SMILES string of the molecule is OC(Cc1ccc(Br)cc1Cl)c1ccc(F)cc1. The molecule has 1 N–H and O–H groups in total. The van der Waals surface area contributed by atoms with Crippen molar-refractivity contribution in [3.05, 3.63) is 68.9 Å². The van der Waals surface area contributed by atoms with Gasteiger partial charge in [0.25, 0.3) is 0 Å². The fraction of sp³-hybridized carbons (Fsp3) is 0.143. The van der Waals surface area contributed by atoms with E-state index in [1.54, 1.807) is 18.2 Å². The number of hydrogen-bond donors (Lipinski definition) is 1. The zero-order valence-electron chi connectivity index (χ0n) is 9.41. The highest BCUT2D eigenvalue weighted by molar-refractivity contribution is 9.10. The summed E-state index contributed by atoms with van der Waals surface area (Å²) in [4.78, 5) is 0. The topological polar surface area (TPSA) is 20.2 Å². The highest BCUT2D eigenvalue weighted by atomic mass is 79.9. The summed E-state index contributed by atoms with van der Waals surface area (Å²) in [6.45, 7) is 0. The van der Waals surface area contributed by atoms with Crippen LogP contribution in [0.2, 0.25) is 5.02 Å². The molecule has 2 aromatic carbocycles. The maximum Gasteiger partial charge on any atom is 0.123 e. The molecule has 1 unspecified atom stereocenters. The molecule has 1 atom stereocenters. The Morgan fingerprint density at radius 2 is 1.83 bits per heavy atom. The van der Waals surface area contributed by atoms with Gasteiger partial charge < -0.3 is 5.11 Å². The zero-order chi connectivity index (χ0) is 13.1. The minimum Gasteiger partial charge on any atom is -0.388 e. The second kappa shape index (κ2) is 5.83. The molecule has 18 heavy (non-hydrogen) atoms. The number of rotatable bonds is 3. The summed E-state index contributed by atoms with van der Waals surface area (Å²) in [7, 11) is 0. The number of aliphatic hydroxyl groups excluding tert-OH is 1. The van der Waals surface area contributed by atoms with E-state index < -0.39 is 6.10 Å². The van der Waals surface area contributed by atoms with Gasteiger partial charge in [0.15, 0.2) is 0 Å². The van der Waals surface area contributed by atoms with E-state index in [4.69, 9.17) is 11.6 Å². The summed E-state index contributed by atoms with van der Waals surface area (Å²) in [5.74, 6) is -0.312. The van der Waals surface area contributed by atoms with Gasteiger partial charge in [0, 0.05) is 15.9 Å². The summed E-state index contributed by atoms with van der Waals surface area (Å²) in [5, 5.41) is 10.7. The predicted octanol–water partition coefficient (Wildman–Crippen LogP) is 4.52. The Kier molecular flexibility index (Phi) is 4.38. The van der Waals surface area contributed by atoms with E-state index >= 15 is 0 Å². The van der Waals surface area contributed by atoms with Crippen LogP contribution in [0.25, 0.3) is 0 Å². The van der Waals surface area contributed by atoms with E-state index in [1.165, 1.54) is 12.1 Å². The molecule has 0 heterocycles. The van der Waals surface area contributed by atoms with Crippen LogP contribution in [-0.4, -0.2) is 5.11 Å². The smallest absolute Gasteiger partial charge is 0.123 e. The minimum atomic E-state index is -0.690. The van der Waals surface area contributed by atoms with Crippen LogP contribution in [0.3, 0.4) is 0 Å². The average molecular weight is 330 g/mol. The fourth-order valence-electron chi connectivity index (χ4n) is 1.70. The first-order valence-corrected chi connectivity index (χ1v) is 6.61. The van der Waals surface area contributed by atoms with Crippen molar-refractivity contribution < 1.29 is 9.50 Å². The minimum absolute atomic E-state index is 0.312. The van der Waals surface area contributed by atoms with Gasteiger partial charge in [0.05, 0.1) is 6.10 Å². The predicted molar refractivity (Wildman–Crippen MR) is 74.2 cm³/mol. The molecule has 2 rings (SSSR count). The molecule has 0 saturated heterocycles. The van der Waals surface area contributed by atoms with Crippen LogP contribution >= 0.6 is 27.5 Å². The van der Waals surface area contributed by atoms with Gasteiger partial charge in [-0.3, -0.25) is 0 Å². The second-order valence-electron chi connectivity index (χ2n) is 4.01. The summed E-state index contributed by atoms with van der Waals surface area (Å²) in [5.41, 5.74) is 1.53. The van der Waals surface area contributed by atoms with Gasteiger partial charge in [0.2, 0.25) is 0 Å². The zero-order valence-corrected chi connectivity index (χ0v) is 11.7. The molecule has 0 aliphatic heterocycles. The van der Waals surface area contributed by atoms with E-state index in [9.17, 15) is 9.50 Å². The van der Waals surface area contributed by atoms with Crippen molar-refractivity contribution in [2.24, 2.45) is 0 Å². The molecule has 0 amide bonds. The van der Waals surface area contributed by atoms with Crippen molar-refractivity contribution in [3.8, 4) is 0 Å². The van der Waals surface area contributed by atoms with Gasteiger partial charge in [-0.2, -0.15) is 0 Å². The van der Waals surface area contributed by atoms with Gasteiger partial charge in [-0.05, 0) is 35.4 Å². The Bertz CT molecular complexity index is 542. The molecule has 4 heteroatoms. The lowest BCUT2D eigenvalue weighted by Crippen LogP contribution is -2.02. The number of aliphatic hydroxyl groups is 1. The van der Waals surface area contributed by atoms with Gasteiger partial charge in [0.1, 0.15) is 5.82 Å². The Labute approximate surface area is 118 Å². The average Bonchev–Trinajstić information content (AvgIpc) is 2.33. The molecule has 94 valence electrons. The Hall–Kier alpha value is -0.900. The van der Waals surface area contributed by atoms with Crippen molar-refractivity contribution in [1.82, 2.24) is 0 Å². The summed E-state index contributed by atoms with van der Waals surface area (Å²) < 4.78 is 13.7. The van der Waals surface area contributed by atoms with E-state index in [1.807, 2.05) is 12.1 Å².